The highest BCUT2D eigenvalue weighted by atomic mass is 35.5. The maximum Gasteiger partial charge on any atom is 0.276 e. The van der Waals surface area contributed by atoms with Crippen LogP contribution < -0.4 is 15.7 Å². The number of nitrogens with zero attached hydrogens (tertiary/aromatic N) is 2. The molecular formula is C22H20ClN3O3. The summed E-state index contributed by atoms with van der Waals surface area (Å²) in [5.41, 5.74) is 3.53. The Bertz CT molecular complexity index is 1090. The Morgan fingerprint density at radius 1 is 1.17 bits per heavy atom. The number of pyridine rings is 1. The molecule has 1 amide bonds. The SMILES string of the molecule is CCOc1cccc(/C=N\NC(=O)c2cccn(Cc3ccccc3Cl)c2=O)c1. The number of carbonyl (C=O) groups excluding carboxylic acids is 1. The second kappa shape index (κ2) is 9.71. The van der Waals surface area contributed by atoms with E-state index in [1.807, 2.05) is 43.3 Å². The first-order chi connectivity index (χ1) is 14.1. The monoisotopic (exact) mass is 409 g/mol. The number of hydrogen-bond acceptors (Lipinski definition) is 4. The second-order valence-electron chi connectivity index (χ2n) is 6.15. The smallest absolute Gasteiger partial charge is 0.276 e. The first-order valence-electron chi connectivity index (χ1n) is 9.07. The quantitative estimate of drug-likeness (QED) is 0.477. The van der Waals surface area contributed by atoms with E-state index in [4.69, 9.17) is 16.3 Å². The number of carbonyl (C=O) groups is 1. The minimum absolute atomic E-state index is 0.000212. The molecule has 0 unspecified atom stereocenters. The van der Waals surface area contributed by atoms with Gasteiger partial charge in [-0.25, -0.2) is 5.43 Å². The van der Waals surface area contributed by atoms with Gasteiger partial charge in [-0.1, -0.05) is 41.9 Å². The van der Waals surface area contributed by atoms with E-state index in [0.29, 0.717) is 17.4 Å². The van der Waals surface area contributed by atoms with Crippen LogP contribution in [-0.4, -0.2) is 23.3 Å². The molecule has 0 bridgehead atoms. The summed E-state index contributed by atoms with van der Waals surface area (Å²) in [5, 5.41) is 4.50. The molecule has 0 atom stereocenters. The zero-order chi connectivity index (χ0) is 20.6. The molecule has 3 aromatic rings. The lowest BCUT2D eigenvalue weighted by molar-refractivity contribution is 0.0953. The summed E-state index contributed by atoms with van der Waals surface area (Å²) in [6.45, 7) is 2.73. The lowest BCUT2D eigenvalue weighted by Crippen LogP contribution is -2.30. The molecule has 1 aromatic heterocycles. The largest absolute Gasteiger partial charge is 0.494 e. The van der Waals surface area contributed by atoms with Crippen LogP contribution in [0.5, 0.6) is 5.75 Å². The number of amides is 1. The summed E-state index contributed by atoms with van der Waals surface area (Å²) in [4.78, 5) is 25.1. The predicted octanol–water partition coefficient (Wildman–Crippen LogP) is 3.71. The van der Waals surface area contributed by atoms with Crippen molar-refractivity contribution < 1.29 is 9.53 Å². The van der Waals surface area contributed by atoms with Gasteiger partial charge in [0.15, 0.2) is 0 Å². The Morgan fingerprint density at radius 3 is 2.79 bits per heavy atom. The normalized spacial score (nSPS) is 10.8. The lowest BCUT2D eigenvalue weighted by atomic mass is 10.2. The van der Waals surface area contributed by atoms with Crippen molar-refractivity contribution in [2.24, 2.45) is 5.10 Å². The van der Waals surface area contributed by atoms with Crippen LogP contribution in [0.25, 0.3) is 0 Å². The molecule has 0 spiro atoms. The van der Waals surface area contributed by atoms with Crippen molar-refractivity contribution in [1.82, 2.24) is 9.99 Å². The van der Waals surface area contributed by atoms with Crippen LogP contribution in [0, 0.1) is 0 Å². The van der Waals surface area contributed by atoms with Crippen molar-refractivity contribution in [1.29, 1.82) is 0 Å². The molecule has 0 radical (unpaired) electrons. The van der Waals surface area contributed by atoms with Crippen molar-refractivity contribution in [3.63, 3.8) is 0 Å². The third-order valence-electron chi connectivity index (χ3n) is 4.11. The van der Waals surface area contributed by atoms with Gasteiger partial charge in [0.1, 0.15) is 11.3 Å². The zero-order valence-corrected chi connectivity index (χ0v) is 16.6. The van der Waals surface area contributed by atoms with Crippen LogP contribution in [0.1, 0.15) is 28.4 Å². The molecule has 0 aliphatic heterocycles. The molecule has 0 saturated heterocycles. The fourth-order valence-corrected chi connectivity index (χ4v) is 2.92. The van der Waals surface area contributed by atoms with Crippen LogP contribution in [-0.2, 0) is 6.54 Å². The summed E-state index contributed by atoms with van der Waals surface area (Å²) in [6, 6.07) is 17.7. The van der Waals surface area contributed by atoms with E-state index in [-0.39, 0.29) is 12.1 Å². The van der Waals surface area contributed by atoms with Gasteiger partial charge in [0.2, 0.25) is 0 Å². The Balaban J connectivity index is 1.72. The molecule has 0 aliphatic carbocycles. The number of hydrazone groups is 1. The van der Waals surface area contributed by atoms with Gasteiger partial charge in [0.05, 0.1) is 19.4 Å². The Morgan fingerprint density at radius 2 is 2.00 bits per heavy atom. The van der Waals surface area contributed by atoms with Gasteiger partial charge >= 0.3 is 0 Å². The van der Waals surface area contributed by atoms with Crippen LogP contribution in [0.3, 0.4) is 0 Å². The van der Waals surface area contributed by atoms with Crippen LogP contribution in [0.15, 0.2) is 76.8 Å². The van der Waals surface area contributed by atoms with E-state index in [2.05, 4.69) is 10.5 Å². The van der Waals surface area contributed by atoms with Gasteiger partial charge in [0, 0.05) is 11.2 Å². The summed E-state index contributed by atoms with van der Waals surface area (Å²) in [5.74, 6) is 0.133. The highest BCUT2D eigenvalue weighted by molar-refractivity contribution is 6.31. The second-order valence-corrected chi connectivity index (χ2v) is 6.56. The van der Waals surface area contributed by atoms with E-state index in [0.717, 1.165) is 11.1 Å². The molecule has 0 aliphatic rings. The molecule has 0 saturated carbocycles. The fraction of sp³-hybridized carbons (Fsp3) is 0.136. The van der Waals surface area contributed by atoms with Crippen molar-refractivity contribution in [2.75, 3.05) is 6.61 Å². The number of rotatable bonds is 7. The van der Waals surface area contributed by atoms with E-state index >= 15 is 0 Å². The lowest BCUT2D eigenvalue weighted by Gasteiger charge is -2.09. The third kappa shape index (κ3) is 5.33. The number of benzene rings is 2. The zero-order valence-electron chi connectivity index (χ0n) is 15.8. The van der Waals surface area contributed by atoms with Gasteiger partial charge in [-0.05, 0) is 48.4 Å². The standard InChI is InChI=1S/C22H20ClN3O3/c1-2-29-18-9-5-7-16(13-18)14-24-25-21(27)19-10-6-12-26(22(19)28)15-17-8-3-4-11-20(17)23/h3-14H,2,15H2,1H3,(H,25,27)/b24-14-. The van der Waals surface area contributed by atoms with E-state index < -0.39 is 11.5 Å². The van der Waals surface area contributed by atoms with Gasteiger partial charge < -0.3 is 9.30 Å². The molecule has 0 fully saturated rings. The van der Waals surface area contributed by atoms with Crippen LogP contribution >= 0.6 is 11.6 Å². The minimum atomic E-state index is -0.583. The van der Waals surface area contributed by atoms with E-state index in [1.54, 1.807) is 24.4 Å². The van der Waals surface area contributed by atoms with Gasteiger partial charge in [0.25, 0.3) is 11.5 Å². The van der Waals surface area contributed by atoms with E-state index in [9.17, 15) is 9.59 Å². The fourth-order valence-electron chi connectivity index (χ4n) is 2.72. The first kappa shape index (κ1) is 20.4. The van der Waals surface area contributed by atoms with Gasteiger partial charge in [-0.3, -0.25) is 9.59 Å². The number of halogens is 1. The average Bonchev–Trinajstić information content (AvgIpc) is 2.71. The van der Waals surface area contributed by atoms with Gasteiger partial charge in [-0.15, -0.1) is 0 Å². The number of ether oxygens (including phenoxy) is 1. The summed E-state index contributed by atoms with van der Waals surface area (Å²) >= 11 is 6.16. The topological polar surface area (TPSA) is 72.7 Å². The Hall–Kier alpha value is -3.38. The van der Waals surface area contributed by atoms with Crippen molar-refractivity contribution in [3.8, 4) is 5.75 Å². The predicted molar refractivity (Wildman–Crippen MR) is 114 cm³/mol. The molecule has 6 nitrogen and oxygen atoms in total. The highest BCUT2D eigenvalue weighted by Gasteiger charge is 2.12. The number of aromatic nitrogens is 1. The van der Waals surface area contributed by atoms with Gasteiger partial charge in [-0.2, -0.15) is 5.10 Å². The highest BCUT2D eigenvalue weighted by Crippen LogP contribution is 2.15. The van der Waals surface area contributed by atoms with Crippen molar-refractivity contribution >= 4 is 23.7 Å². The Labute approximate surface area is 173 Å². The molecule has 3 rings (SSSR count). The Kier molecular flexibility index (Phi) is 6.81. The average molecular weight is 410 g/mol. The van der Waals surface area contributed by atoms with Crippen LogP contribution in [0.4, 0.5) is 0 Å². The molecule has 29 heavy (non-hydrogen) atoms. The molecule has 148 valence electrons. The molecule has 2 aromatic carbocycles. The van der Waals surface area contributed by atoms with Crippen LogP contribution in [0.2, 0.25) is 5.02 Å². The summed E-state index contributed by atoms with van der Waals surface area (Å²) < 4.78 is 6.86. The molecule has 1 heterocycles. The summed E-state index contributed by atoms with van der Waals surface area (Å²) in [6.07, 6.45) is 3.11. The maximum absolute atomic E-state index is 12.7. The third-order valence-corrected chi connectivity index (χ3v) is 4.48. The maximum atomic E-state index is 12.7. The minimum Gasteiger partial charge on any atom is -0.494 e. The molecule has 1 N–H and O–H groups in total. The molecule has 7 heteroatoms. The summed E-state index contributed by atoms with van der Waals surface area (Å²) in [7, 11) is 0. The number of nitrogens with one attached hydrogen (secondary N) is 1. The number of hydrogen-bond donors (Lipinski definition) is 1. The molecular weight excluding hydrogens is 390 g/mol. The van der Waals surface area contributed by atoms with E-state index in [1.165, 1.54) is 16.8 Å². The first-order valence-corrected chi connectivity index (χ1v) is 9.45. The van der Waals surface area contributed by atoms with Crippen molar-refractivity contribution in [3.05, 3.63) is 98.9 Å². The van der Waals surface area contributed by atoms with Crippen molar-refractivity contribution in [2.45, 2.75) is 13.5 Å².